The predicted molar refractivity (Wildman–Crippen MR) is 53.9 cm³/mol. The molecule has 0 atom stereocenters. The highest BCUT2D eigenvalue weighted by Gasteiger charge is 1.98. The molecule has 0 spiro atoms. The lowest BCUT2D eigenvalue weighted by Gasteiger charge is -1.98. The molecule has 3 N–H and O–H groups in total. The molecule has 0 aromatic carbocycles. The van der Waals surface area contributed by atoms with Crippen LogP contribution in [0.25, 0.3) is 0 Å². The summed E-state index contributed by atoms with van der Waals surface area (Å²) in [7, 11) is 0. The van der Waals surface area contributed by atoms with Crippen molar-refractivity contribution < 1.29 is 4.79 Å². The SMILES string of the molecule is NC/C=C/C(=O)Nc1ccc(Cl)nn1. The summed E-state index contributed by atoms with van der Waals surface area (Å²) in [6, 6.07) is 3.10. The van der Waals surface area contributed by atoms with Crippen LogP contribution in [-0.4, -0.2) is 22.6 Å². The maximum absolute atomic E-state index is 11.1. The molecular formula is C8H9ClN4O. The number of nitrogens with zero attached hydrogens (tertiary/aromatic N) is 2. The summed E-state index contributed by atoms with van der Waals surface area (Å²) in [5.41, 5.74) is 5.18. The Kier molecular flexibility index (Phi) is 4.03. The van der Waals surface area contributed by atoms with Crippen LogP contribution in [0.15, 0.2) is 24.3 Å². The lowest BCUT2D eigenvalue weighted by molar-refractivity contribution is -0.111. The maximum atomic E-state index is 11.1. The summed E-state index contributed by atoms with van der Waals surface area (Å²) in [4.78, 5) is 11.1. The first-order valence-corrected chi connectivity index (χ1v) is 4.27. The minimum absolute atomic E-state index is 0.278. The number of aromatic nitrogens is 2. The Hall–Kier alpha value is -1.46. The quantitative estimate of drug-likeness (QED) is 0.719. The molecule has 0 saturated heterocycles. The van der Waals surface area contributed by atoms with Gasteiger partial charge >= 0.3 is 0 Å². The molecule has 0 aliphatic heterocycles. The Balaban J connectivity index is 2.56. The van der Waals surface area contributed by atoms with Crippen molar-refractivity contribution in [2.24, 2.45) is 5.73 Å². The highest BCUT2D eigenvalue weighted by atomic mass is 35.5. The van der Waals surface area contributed by atoms with Crippen LogP contribution in [0.5, 0.6) is 0 Å². The Morgan fingerprint density at radius 3 is 2.93 bits per heavy atom. The number of amides is 1. The second-order valence-corrected chi connectivity index (χ2v) is 2.76. The molecule has 0 fully saturated rings. The molecule has 1 rings (SSSR count). The molecule has 0 aliphatic carbocycles. The van der Waals surface area contributed by atoms with E-state index in [2.05, 4.69) is 15.5 Å². The Morgan fingerprint density at radius 2 is 2.36 bits per heavy atom. The molecule has 0 aliphatic rings. The van der Waals surface area contributed by atoms with Crippen LogP contribution in [0, 0.1) is 0 Å². The zero-order chi connectivity index (χ0) is 10.4. The summed E-state index contributed by atoms with van der Waals surface area (Å²) in [6.45, 7) is 0.319. The number of carbonyl (C=O) groups is 1. The van der Waals surface area contributed by atoms with Crippen molar-refractivity contribution in [3.05, 3.63) is 29.4 Å². The van der Waals surface area contributed by atoms with Gasteiger partial charge in [-0.2, -0.15) is 0 Å². The van der Waals surface area contributed by atoms with E-state index in [4.69, 9.17) is 17.3 Å². The molecule has 0 saturated carbocycles. The molecule has 5 nitrogen and oxygen atoms in total. The number of hydrogen-bond acceptors (Lipinski definition) is 4. The fraction of sp³-hybridized carbons (Fsp3) is 0.125. The lowest BCUT2D eigenvalue weighted by Crippen LogP contribution is -2.10. The van der Waals surface area contributed by atoms with E-state index >= 15 is 0 Å². The van der Waals surface area contributed by atoms with Crippen molar-refractivity contribution in [3.63, 3.8) is 0 Å². The molecule has 1 amide bonds. The fourth-order valence-corrected chi connectivity index (χ4v) is 0.826. The van der Waals surface area contributed by atoms with Gasteiger partial charge in [-0.3, -0.25) is 4.79 Å². The Labute approximate surface area is 86.0 Å². The Morgan fingerprint density at radius 1 is 1.57 bits per heavy atom. The smallest absolute Gasteiger partial charge is 0.249 e. The number of halogens is 1. The predicted octanol–water partition coefficient (Wildman–Crippen LogP) is 0.583. The molecule has 0 unspecified atom stereocenters. The first-order valence-electron chi connectivity index (χ1n) is 3.89. The first-order chi connectivity index (χ1) is 6.72. The van der Waals surface area contributed by atoms with E-state index in [0.29, 0.717) is 12.4 Å². The molecular weight excluding hydrogens is 204 g/mol. The highest BCUT2D eigenvalue weighted by Crippen LogP contribution is 2.05. The van der Waals surface area contributed by atoms with Gasteiger partial charge in [0.2, 0.25) is 5.91 Å². The van der Waals surface area contributed by atoms with Gasteiger partial charge in [-0.1, -0.05) is 17.7 Å². The van der Waals surface area contributed by atoms with Crippen LogP contribution < -0.4 is 11.1 Å². The van der Waals surface area contributed by atoms with Gasteiger partial charge in [-0.05, 0) is 12.1 Å². The summed E-state index contributed by atoms with van der Waals surface area (Å²) in [6.07, 6.45) is 2.87. The van der Waals surface area contributed by atoms with Crippen LogP contribution >= 0.6 is 11.6 Å². The monoisotopic (exact) mass is 212 g/mol. The Bertz CT molecular complexity index is 336. The first kappa shape index (κ1) is 10.6. The highest BCUT2D eigenvalue weighted by molar-refractivity contribution is 6.29. The van der Waals surface area contributed by atoms with E-state index in [9.17, 15) is 4.79 Å². The molecule has 1 aromatic rings. The molecule has 1 heterocycles. The van der Waals surface area contributed by atoms with Gasteiger partial charge in [-0.15, -0.1) is 10.2 Å². The van der Waals surface area contributed by atoms with Crippen molar-refractivity contribution in [3.8, 4) is 0 Å². The van der Waals surface area contributed by atoms with Gasteiger partial charge in [0.05, 0.1) is 0 Å². The second-order valence-electron chi connectivity index (χ2n) is 2.37. The summed E-state index contributed by atoms with van der Waals surface area (Å²) in [5, 5.41) is 9.98. The van der Waals surface area contributed by atoms with E-state index in [1.165, 1.54) is 12.1 Å². The van der Waals surface area contributed by atoms with Gasteiger partial charge < -0.3 is 11.1 Å². The molecule has 1 aromatic heterocycles. The zero-order valence-electron chi connectivity index (χ0n) is 7.27. The topological polar surface area (TPSA) is 80.9 Å². The van der Waals surface area contributed by atoms with Gasteiger partial charge in [0.1, 0.15) is 0 Å². The summed E-state index contributed by atoms with van der Waals surface area (Å²) in [5.74, 6) is 0.0492. The largest absolute Gasteiger partial charge is 0.327 e. The van der Waals surface area contributed by atoms with Gasteiger partial charge in [0.25, 0.3) is 0 Å². The maximum Gasteiger partial charge on any atom is 0.249 e. The molecule has 0 radical (unpaired) electrons. The van der Waals surface area contributed by atoms with Crippen LogP contribution in [-0.2, 0) is 4.79 Å². The van der Waals surface area contributed by atoms with E-state index in [1.54, 1.807) is 12.1 Å². The third-order valence-corrected chi connectivity index (χ3v) is 1.49. The van der Waals surface area contributed by atoms with E-state index in [-0.39, 0.29) is 11.1 Å². The number of rotatable bonds is 3. The van der Waals surface area contributed by atoms with E-state index in [0.717, 1.165) is 0 Å². The van der Waals surface area contributed by atoms with Crippen LogP contribution in [0.1, 0.15) is 0 Å². The van der Waals surface area contributed by atoms with Crippen LogP contribution in [0.2, 0.25) is 5.15 Å². The van der Waals surface area contributed by atoms with Crippen LogP contribution in [0.4, 0.5) is 5.82 Å². The fourth-order valence-electron chi connectivity index (χ4n) is 0.726. The average Bonchev–Trinajstić information content (AvgIpc) is 2.18. The van der Waals surface area contributed by atoms with Gasteiger partial charge in [-0.25, -0.2) is 0 Å². The van der Waals surface area contributed by atoms with E-state index < -0.39 is 0 Å². The minimum Gasteiger partial charge on any atom is -0.327 e. The van der Waals surface area contributed by atoms with Crippen molar-refractivity contribution >= 4 is 23.3 Å². The third-order valence-electron chi connectivity index (χ3n) is 1.29. The van der Waals surface area contributed by atoms with Gasteiger partial charge in [0, 0.05) is 12.6 Å². The minimum atomic E-state index is -0.299. The summed E-state index contributed by atoms with van der Waals surface area (Å²) < 4.78 is 0. The normalized spacial score (nSPS) is 10.4. The third kappa shape index (κ3) is 3.51. The lowest BCUT2D eigenvalue weighted by atomic mass is 10.4. The van der Waals surface area contributed by atoms with E-state index in [1.807, 2.05) is 0 Å². The number of anilines is 1. The van der Waals surface area contributed by atoms with Crippen molar-refractivity contribution in [2.45, 2.75) is 0 Å². The molecule has 74 valence electrons. The van der Waals surface area contributed by atoms with Crippen LogP contribution in [0.3, 0.4) is 0 Å². The van der Waals surface area contributed by atoms with Crippen molar-refractivity contribution in [1.82, 2.24) is 10.2 Å². The molecule has 0 bridgehead atoms. The van der Waals surface area contributed by atoms with Crippen molar-refractivity contribution in [2.75, 3.05) is 11.9 Å². The zero-order valence-corrected chi connectivity index (χ0v) is 8.03. The second kappa shape index (κ2) is 5.31. The number of hydrogen-bond donors (Lipinski definition) is 2. The number of nitrogens with two attached hydrogens (primary N) is 1. The van der Waals surface area contributed by atoms with Gasteiger partial charge in [0.15, 0.2) is 11.0 Å². The summed E-state index contributed by atoms with van der Waals surface area (Å²) >= 11 is 5.51. The molecule has 14 heavy (non-hydrogen) atoms. The molecule has 6 heteroatoms. The average molecular weight is 213 g/mol. The van der Waals surface area contributed by atoms with Crippen molar-refractivity contribution in [1.29, 1.82) is 0 Å². The number of nitrogens with one attached hydrogen (secondary N) is 1. The number of carbonyl (C=O) groups excluding carboxylic acids is 1. The standard InChI is InChI=1S/C8H9ClN4O/c9-6-3-4-7(13-12-6)11-8(14)2-1-5-10/h1-4H,5,10H2,(H,11,13,14)/b2-1+.